The fourth-order valence-corrected chi connectivity index (χ4v) is 2.69. The molecule has 0 saturated carbocycles. The number of nitrogens with two attached hydrogens (primary N) is 1. The summed E-state index contributed by atoms with van der Waals surface area (Å²) >= 11 is 3.25. The number of pyridine rings is 1. The van der Waals surface area contributed by atoms with Crippen molar-refractivity contribution >= 4 is 26.8 Å². The van der Waals surface area contributed by atoms with Crippen molar-refractivity contribution in [2.45, 2.75) is 12.5 Å². The zero-order chi connectivity index (χ0) is 14.8. The average molecular weight is 345 g/mol. The fourth-order valence-electron chi connectivity index (χ4n) is 2.36. The Balaban J connectivity index is 1.87. The van der Waals surface area contributed by atoms with Gasteiger partial charge < -0.3 is 5.73 Å². The lowest BCUT2D eigenvalue weighted by Gasteiger charge is -2.13. The molecular formula is C17H14BrFN2. The molecule has 0 bridgehead atoms. The summed E-state index contributed by atoms with van der Waals surface area (Å²) in [6.07, 6.45) is 0.503. The summed E-state index contributed by atoms with van der Waals surface area (Å²) in [6.45, 7) is 0. The lowest BCUT2D eigenvalue weighted by molar-refractivity contribution is 0.577. The molecule has 21 heavy (non-hydrogen) atoms. The van der Waals surface area contributed by atoms with Crippen molar-refractivity contribution < 1.29 is 4.39 Å². The maximum atomic E-state index is 13.9. The molecule has 1 heterocycles. The highest BCUT2D eigenvalue weighted by Crippen LogP contribution is 2.22. The Hall–Kier alpha value is -1.78. The highest BCUT2D eigenvalue weighted by atomic mass is 79.9. The molecule has 1 aromatic heterocycles. The first kappa shape index (κ1) is 14.2. The molecule has 1 unspecified atom stereocenters. The Morgan fingerprint density at radius 3 is 2.71 bits per heavy atom. The minimum atomic E-state index is -0.410. The molecule has 2 nitrogen and oxygen atoms in total. The first-order valence-electron chi connectivity index (χ1n) is 6.69. The molecule has 0 aliphatic heterocycles. The van der Waals surface area contributed by atoms with E-state index in [0.29, 0.717) is 16.5 Å². The third kappa shape index (κ3) is 3.12. The van der Waals surface area contributed by atoms with E-state index in [9.17, 15) is 4.39 Å². The molecule has 0 amide bonds. The summed E-state index contributed by atoms with van der Waals surface area (Å²) < 4.78 is 14.6. The normalized spacial score (nSPS) is 12.5. The van der Waals surface area contributed by atoms with Crippen molar-refractivity contribution in [1.82, 2.24) is 4.98 Å². The van der Waals surface area contributed by atoms with Gasteiger partial charge in [-0.15, -0.1) is 0 Å². The van der Waals surface area contributed by atoms with Crippen LogP contribution in [0.4, 0.5) is 4.39 Å². The molecule has 2 aromatic carbocycles. The SMILES string of the molecule is NC(Cc1ccc2ccccc2n1)c1ccc(Br)cc1F. The van der Waals surface area contributed by atoms with Crippen LogP contribution < -0.4 is 5.73 Å². The first-order valence-corrected chi connectivity index (χ1v) is 7.48. The van der Waals surface area contributed by atoms with E-state index in [0.717, 1.165) is 16.6 Å². The molecule has 3 rings (SSSR count). The minimum absolute atomic E-state index is 0.294. The molecule has 0 radical (unpaired) electrons. The number of para-hydroxylation sites is 1. The summed E-state index contributed by atoms with van der Waals surface area (Å²) in [5.41, 5.74) is 8.43. The van der Waals surface area contributed by atoms with Crippen LogP contribution in [0.15, 0.2) is 59.1 Å². The van der Waals surface area contributed by atoms with Crippen molar-refractivity contribution in [2.24, 2.45) is 5.73 Å². The van der Waals surface area contributed by atoms with Gasteiger partial charge in [0.15, 0.2) is 0 Å². The predicted octanol–water partition coefficient (Wildman–Crippen LogP) is 4.38. The topological polar surface area (TPSA) is 38.9 Å². The van der Waals surface area contributed by atoms with E-state index in [4.69, 9.17) is 5.73 Å². The van der Waals surface area contributed by atoms with Crippen molar-refractivity contribution in [3.8, 4) is 0 Å². The van der Waals surface area contributed by atoms with Gasteiger partial charge in [-0.3, -0.25) is 4.98 Å². The van der Waals surface area contributed by atoms with Crippen LogP contribution in [-0.4, -0.2) is 4.98 Å². The van der Waals surface area contributed by atoms with Gasteiger partial charge in [0.1, 0.15) is 5.82 Å². The first-order chi connectivity index (χ1) is 10.1. The second kappa shape index (κ2) is 5.92. The molecule has 0 fully saturated rings. The summed E-state index contributed by atoms with van der Waals surface area (Å²) in [5, 5.41) is 1.09. The molecule has 0 aliphatic carbocycles. The highest BCUT2D eigenvalue weighted by molar-refractivity contribution is 9.10. The van der Waals surface area contributed by atoms with Crippen LogP contribution in [-0.2, 0) is 6.42 Å². The van der Waals surface area contributed by atoms with Gasteiger partial charge in [-0.05, 0) is 24.3 Å². The van der Waals surface area contributed by atoms with Gasteiger partial charge in [-0.25, -0.2) is 4.39 Å². The molecule has 3 aromatic rings. The van der Waals surface area contributed by atoms with Crippen molar-refractivity contribution in [3.63, 3.8) is 0 Å². The maximum absolute atomic E-state index is 13.9. The average Bonchev–Trinajstić information content (AvgIpc) is 2.47. The quantitative estimate of drug-likeness (QED) is 0.765. The predicted molar refractivity (Wildman–Crippen MR) is 86.5 cm³/mol. The monoisotopic (exact) mass is 344 g/mol. The molecule has 0 aliphatic rings. The van der Waals surface area contributed by atoms with Gasteiger partial charge >= 0.3 is 0 Å². The summed E-state index contributed by atoms with van der Waals surface area (Å²) in [6, 6.07) is 16.4. The largest absolute Gasteiger partial charge is 0.324 e. The minimum Gasteiger partial charge on any atom is -0.324 e. The van der Waals surface area contributed by atoms with E-state index >= 15 is 0 Å². The van der Waals surface area contributed by atoms with Gasteiger partial charge in [-0.2, -0.15) is 0 Å². The number of halogens is 2. The van der Waals surface area contributed by atoms with E-state index in [1.54, 1.807) is 12.1 Å². The second-order valence-corrected chi connectivity index (χ2v) is 5.89. The molecule has 4 heteroatoms. The van der Waals surface area contributed by atoms with Crippen LogP contribution in [0.1, 0.15) is 17.3 Å². The van der Waals surface area contributed by atoms with E-state index in [1.165, 1.54) is 6.07 Å². The third-order valence-electron chi connectivity index (χ3n) is 3.45. The number of fused-ring (bicyclic) bond motifs is 1. The van der Waals surface area contributed by atoms with Crippen LogP contribution in [0.5, 0.6) is 0 Å². The van der Waals surface area contributed by atoms with Crippen LogP contribution >= 0.6 is 15.9 Å². The number of rotatable bonds is 3. The second-order valence-electron chi connectivity index (χ2n) is 4.97. The Labute approximate surface area is 130 Å². The van der Waals surface area contributed by atoms with Crippen molar-refractivity contribution in [1.29, 1.82) is 0 Å². The van der Waals surface area contributed by atoms with Gasteiger partial charge in [0.05, 0.1) is 5.52 Å². The van der Waals surface area contributed by atoms with E-state index in [-0.39, 0.29) is 5.82 Å². The Morgan fingerprint density at radius 2 is 1.90 bits per heavy atom. The van der Waals surface area contributed by atoms with Gasteiger partial charge in [-0.1, -0.05) is 46.3 Å². The standard InChI is InChI=1S/C17H14BrFN2/c18-12-6-8-14(15(19)9-12)16(20)10-13-7-5-11-3-1-2-4-17(11)21-13/h1-9,16H,10,20H2. The highest BCUT2D eigenvalue weighted by Gasteiger charge is 2.13. The zero-order valence-corrected chi connectivity index (χ0v) is 12.8. The Morgan fingerprint density at radius 1 is 1.10 bits per heavy atom. The third-order valence-corrected chi connectivity index (χ3v) is 3.94. The van der Waals surface area contributed by atoms with Crippen LogP contribution in [0.3, 0.4) is 0 Å². The summed E-state index contributed by atoms with van der Waals surface area (Å²) in [4.78, 5) is 4.58. The molecular weight excluding hydrogens is 331 g/mol. The number of hydrogen-bond donors (Lipinski definition) is 1. The Kier molecular flexibility index (Phi) is 3.99. The van der Waals surface area contributed by atoms with Crippen LogP contribution in [0, 0.1) is 5.82 Å². The number of benzene rings is 2. The summed E-state index contributed by atoms with van der Waals surface area (Å²) in [5.74, 6) is -0.294. The van der Waals surface area contributed by atoms with Gasteiger partial charge in [0, 0.05) is 33.6 Å². The summed E-state index contributed by atoms with van der Waals surface area (Å²) in [7, 11) is 0. The van der Waals surface area contributed by atoms with Crippen molar-refractivity contribution in [3.05, 3.63) is 76.1 Å². The molecule has 2 N–H and O–H groups in total. The van der Waals surface area contributed by atoms with Crippen molar-refractivity contribution in [2.75, 3.05) is 0 Å². The molecule has 0 spiro atoms. The smallest absolute Gasteiger partial charge is 0.129 e. The van der Waals surface area contributed by atoms with Gasteiger partial charge in [0.2, 0.25) is 0 Å². The molecule has 1 atom stereocenters. The molecule has 106 valence electrons. The molecule has 0 saturated heterocycles. The van der Waals surface area contributed by atoms with Crippen LogP contribution in [0.2, 0.25) is 0 Å². The van der Waals surface area contributed by atoms with Gasteiger partial charge in [0.25, 0.3) is 0 Å². The van der Waals surface area contributed by atoms with E-state index in [2.05, 4.69) is 20.9 Å². The van der Waals surface area contributed by atoms with Crippen LogP contribution in [0.25, 0.3) is 10.9 Å². The number of hydrogen-bond acceptors (Lipinski definition) is 2. The Bertz CT molecular complexity index is 789. The number of aromatic nitrogens is 1. The lowest BCUT2D eigenvalue weighted by Crippen LogP contribution is -2.15. The zero-order valence-electron chi connectivity index (χ0n) is 11.3. The van der Waals surface area contributed by atoms with E-state index in [1.807, 2.05) is 36.4 Å². The number of nitrogens with zero attached hydrogens (tertiary/aromatic N) is 1. The maximum Gasteiger partial charge on any atom is 0.129 e. The lowest BCUT2D eigenvalue weighted by atomic mass is 10.0. The fraction of sp³-hybridized carbons (Fsp3) is 0.118. The van der Waals surface area contributed by atoms with E-state index < -0.39 is 6.04 Å².